The number of primary amides is 1. The molecule has 0 aliphatic rings. The van der Waals surface area contributed by atoms with Crippen molar-refractivity contribution in [2.24, 2.45) is 5.73 Å². The van der Waals surface area contributed by atoms with Crippen LogP contribution in [0.2, 0.25) is 0 Å². The molecule has 0 bridgehead atoms. The van der Waals surface area contributed by atoms with Crippen molar-refractivity contribution in [1.82, 2.24) is 5.32 Å². The van der Waals surface area contributed by atoms with Gasteiger partial charge in [0, 0.05) is 10.6 Å². The fraction of sp³-hybridized carbons (Fsp3) is 0.364. The molecule has 1 rings (SSSR count). The zero-order chi connectivity index (χ0) is 12.8. The van der Waals surface area contributed by atoms with Crippen LogP contribution in [-0.4, -0.2) is 24.2 Å². The van der Waals surface area contributed by atoms with Gasteiger partial charge >= 0.3 is 0 Å². The number of benzene rings is 1. The molecular formula is C11H14F2N2OS. The highest BCUT2D eigenvalue weighted by Gasteiger charge is 2.14. The van der Waals surface area contributed by atoms with Crippen molar-refractivity contribution in [3.05, 3.63) is 29.8 Å². The lowest BCUT2D eigenvalue weighted by Crippen LogP contribution is -2.42. The Labute approximate surface area is 103 Å². The maximum absolute atomic E-state index is 12.9. The number of nitrogens with two attached hydrogens (primary N) is 1. The predicted molar refractivity (Wildman–Crippen MR) is 63.7 cm³/mol. The summed E-state index contributed by atoms with van der Waals surface area (Å²) in [6.07, 6.45) is 0. The molecule has 0 aliphatic carbocycles. The first kappa shape index (κ1) is 13.9. The van der Waals surface area contributed by atoms with Crippen molar-refractivity contribution in [2.75, 3.05) is 12.3 Å². The molecule has 1 atom stereocenters. The number of rotatable bonds is 6. The molecule has 3 nitrogen and oxygen atoms in total. The Hall–Kier alpha value is -1.14. The highest BCUT2D eigenvalue weighted by atomic mass is 32.2. The highest BCUT2D eigenvalue weighted by molar-refractivity contribution is 7.99. The Bertz CT molecular complexity index is 401. The third-order valence-corrected chi connectivity index (χ3v) is 3.19. The fourth-order valence-corrected chi connectivity index (χ4v) is 2.23. The van der Waals surface area contributed by atoms with Gasteiger partial charge in [-0.25, -0.2) is 8.78 Å². The standard InChI is InChI=1S/C11H14F2N2OS/c1-2-15-10(11(14)16)6-17-7-3-4-8(12)9(13)5-7/h3-5,10,15H,2,6H2,1H3,(H2,14,16). The average molecular weight is 260 g/mol. The molecule has 94 valence electrons. The number of thioether (sulfide) groups is 1. The SMILES string of the molecule is CCNC(CSc1ccc(F)c(F)c1)C(N)=O. The van der Waals surface area contributed by atoms with Gasteiger partial charge in [0.25, 0.3) is 0 Å². The zero-order valence-electron chi connectivity index (χ0n) is 9.37. The van der Waals surface area contributed by atoms with Crippen molar-refractivity contribution in [3.8, 4) is 0 Å². The van der Waals surface area contributed by atoms with E-state index in [1.165, 1.54) is 17.8 Å². The Kier molecular flexibility index (Phi) is 5.37. The Morgan fingerprint density at radius 3 is 2.71 bits per heavy atom. The second-order valence-corrected chi connectivity index (χ2v) is 4.49. The number of carbonyl (C=O) groups is 1. The van der Waals surface area contributed by atoms with Gasteiger partial charge in [-0.05, 0) is 24.7 Å². The molecule has 0 spiro atoms. The van der Waals surface area contributed by atoms with Crippen molar-refractivity contribution in [3.63, 3.8) is 0 Å². The molecule has 3 N–H and O–H groups in total. The van der Waals surface area contributed by atoms with E-state index in [-0.39, 0.29) is 0 Å². The fourth-order valence-electron chi connectivity index (χ4n) is 1.23. The molecule has 6 heteroatoms. The molecule has 0 radical (unpaired) electrons. The number of likely N-dealkylation sites (N-methyl/N-ethyl adjacent to an activating group) is 1. The molecule has 0 saturated heterocycles. The molecular weight excluding hydrogens is 246 g/mol. The quantitative estimate of drug-likeness (QED) is 0.762. The maximum atomic E-state index is 12.9. The molecule has 0 fully saturated rings. The number of nitrogens with one attached hydrogen (secondary N) is 1. The average Bonchev–Trinajstić information content (AvgIpc) is 2.28. The van der Waals surface area contributed by atoms with Gasteiger partial charge in [-0.1, -0.05) is 6.92 Å². The van der Waals surface area contributed by atoms with Gasteiger partial charge in [-0.15, -0.1) is 11.8 Å². The van der Waals surface area contributed by atoms with Crippen LogP contribution in [0.5, 0.6) is 0 Å². The third-order valence-electron chi connectivity index (χ3n) is 2.10. The topological polar surface area (TPSA) is 55.1 Å². The maximum Gasteiger partial charge on any atom is 0.235 e. The van der Waals surface area contributed by atoms with Gasteiger partial charge in [0.1, 0.15) is 0 Å². The summed E-state index contributed by atoms with van der Waals surface area (Å²) >= 11 is 1.25. The summed E-state index contributed by atoms with van der Waals surface area (Å²) in [6, 6.07) is 3.15. The van der Waals surface area contributed by atoms with Crippen molar-refractivity contribution < 1.29 is 13.6 Å². The van der Waals surface area contributed by atoms with E-state index in [2.05, 4.69) is 5.32 Å². The summed E-state index contributed by atoms with van der Waals surface area (Å²) < 4.78 is 25.6. The minimum Gasteiger partial charge on any atom is -0.368 e. The molecule has 1 amide bonds. The lowest BCUT2D eigenvalue weighted by atomic mass is 10.3. The summed E-state index contributed by atoms with van der Waals surface area (Å²) in [7, 11) is 0. The van der Waals surface area contributed by atoms with Gasteiger partial charge in [0.2, 0.25) is 5.91 Å². The number of amides is 1. The van der Waals surface area contributed by atoms with Crippen LogP contribution in [0.3, 0.4) is 0 Å². The van der Waals surface area contributed by atoms with Crippen LogP contribution in [0.25, 0.3) is 0 Å². The van der Waals surface area contributed by atoms with Crippen LogP contribution in [0.15, 0.2) is 23.1 Å². The minimum absolute atomic E-state index is 0.383. The van der Waals surface area contributed by atoms with Crippen LogP contribution in [0, 0.1) is 11.6 Å². The molecule has 0 saturated carbocycles. The van der Waals surface area contributed by atoms with Crippen LogP contribution < -0.4 is 11.1 Å². The summed E-state index contributed by atoms with van der Waals surface area (Å²) in [5.41, 5.74) is 5.19. The van der Waals surface area contributed by atoms with Crippen molar-refractivity contribution >= 4 is 17.7 Å². The van der Waals surface area contributed by atoms with E-state index in [1.54, 1.807) is 0 Å². The van der Waals surface area contributed by atoms with E-state index in [1.807, 2.05) is 6.92 Å². The minimum atomic E-state index is -0.894. The Morgan fingerprint density at radius 2 is 2.18 bits per heavy atom. The van der Waals surface area contributed by atoms with Gasteiger partial charge < -0.3 is 11.1 Å². The number of hydrogen-bond donors (Lipinski definition) is 2. The normalized spacial score (nSPS) is 12.4. The van der Waals surface area contributed by atoms with Crippen LogP contribution >= 0.6 is 11.8 Å². The molecule has 1 aromatic carbocycles. The van der Waals surface area contributed by atoms with Crippen LogP contribution in [0.4, 0.5) is 8.78 Å². The summed E-state index contributed by atoms with van der Waals surface area (Å²) in [6.45, 7) is 2.48. The molecule has 17 heavy (non-hydrogen) atoms. The predicted octanol–water partition coefficient (Wildman–Crippen LogP) is 1.52. The smallest absolute Gasteiger partial charge is 0.235 e. The Balaban J connectivity index is 2.59. The van der Waals surface area contributed by atoms with Crippen LogP contribution in [0.1, 0.15) is 6.92 Å². The Morgan fingerprint density at radius 1 is 1.47 bits per heavy atom. The summed E-state index contributed by atoms with van der Waals surface area (Å²) in [5.74, 6) is -1.85. The first-order valence-corrected chi connectivity index (χ1v) is 6.13. The third kappa shape index (κ3) is 4.32. The number of hydrogen-bond acceptors (Lipinski definition) is 3. The van der Waals surface area contributed by atoms with E-state index < -0.39 is 23.6 Å². The number of halogens is 2. The molecule has 0 heterocycles. The second-order valence-electron chi connectivity index (χ2n) is 3.40. The van der Waals surface area contributed by atoms with Gasteiger partial charge in [0.15, 0.2) is 11.6 Å². The molecule has 0 aromatic heterocycles. The second kappa shape index (κ2) is 6.56. The molecule has 1 aromatic rings. The monoisotopic (exact) mass is 260 g/mol. The van der Waals surface area contributed by atoms with Gasteiger partial charge in [-0.3, -0.25) is 4.79 Å². The van der Waals surface area contributed by atoms with Gasteiger partial charge in [0.05, 0.1) is 6.04 Å². The van der Waals surface area contributed by atoms with E-state index in [0.29, 0.717) is 17.2 Å². The van der Waals surface area contributed by atoms with Crippen LogP contribution in [-0.2, 0) is 4.79 Å². The first-order valence-electron chi connectivity index (χ1n) is 5.15. The van der Waals surface area contributed by atoms with E-state index >= 15 is 0 Å². The number of carbonyl (C=O) groups excluding carboxylic acids is 1. The summed E-state index contributed by atoms with van der Waals surface area (Å²) in [4.78, 5) is 11.6. The van der Waals surface area contributed by atoms with E-state index in [9.17, 15) is 13.6 Å². The van der Waals surface area contributed by atoms with Gasteiger partial charge in [-0.2, -0.15) is 0 Å². The lowest BCUT2D eigenvalue weighted by molar-refractivity contribution is -0.119. The largest absolute Gasteiger partial charge is 0.368 e. The van der Waals surface area contributed by atoms with E-state index in [4.69, 9.17) is 5.73 Å². The van der Waals surface area contributed by atoms with Crippen molar-refractivity contribution in [2.45, 2.75) is 17.9 Å². The zero-order valence-corrected chi connectivity index (χ0v) is 10.2. The molecule has 0 aliphatic heterocycles. The first-order chi connectivity index (χ1) is 8.04. The van der Waals surface area contributed by atoms with E-state index in [0.717, 1.165) is 12.1 Å². The summed E-state index contributed by atoms with van der Waals surface area (Å²) in [5, 5.41) is 2.92. The lowest BCUT2D eigenvalue weighted by Gasteiger charge is -2.13. The molecule has 1 unspecified atom stereocenters. The van der Waals surface area contributed by atoms with Crippen molar-refractivity contribution in [1.29, 1.82) is 0 Å². The highest BCUT2D eigenvalue weighted by Crippen LogP contribution is 2.21.